The molecule has 0 radical (unpaired) electrons. The fraction of sp³-hybridized carbons (Fsp3) is 1.00. The van der Waals surface area contributed by atoms with E-state index in [1.54, 1.807) is 0 Å². The first-order chi connectivity index (χ1) is 4.86. The molecule has 0 saturated carbocycles. The van der Waals surface area contributed by atoms with Crippen LogP contribution in [-0.2, 0) is 9.47 Å². The van der Waals surface area contributed by atoms with Crippen LogP contribution in [0.15, 0.2) is 0 Å². The van der Waals surface area contributed by atoms with Gasteiger partial charge in [0.2, 0.25) is 0 Å². The molecule has 4 nitrogen and oxygen atoms in total. The zero-order valence-corrected chi connectivity index (χ0v) is 5.82. The molecule has 1 aliphatic rings. The molecule has 1 rings (SSSR count). The number of hydrogen-bond acceptors (Lipinski definition) is 4. The number of rotatable bonds is 2. The van der Waals surface area contributed by atoms with E-state index < -0.39 is 0 Å². The Bertz CT molecular complexity index is 79.0. The van der Waals surface area contributed by atoms with Crippen molar-refractivity contribution in [3.8, 4) is 0 Å². The predicted molar refractivity (Wildman–Crippen MR) is 35.3 cm³/mol. The van der Waals surface area contributed by atoms with Gasteiger partial charge >= 0.3 is 0 Å². The van der Waals surface area contributed by atoms with E-state index in [0.29, 0.717) is 19.8 Å². The predicted octanol–water partition coefficient (Wildman–Crippen LogP) is -1.07. The molecule has 0 bridgehead atoms. The number of hydrogen-bond donors (Lipinski definition) is 2. The van der Waals surface area contributed by atoms with Gasteiger partial charge in [-0.15, -0.1) is 0 Å². The molecule has 1 heterocycles. The van der Waals surface area contributed by atoms with Crippen LogP contribution in [0.5, 0.6) is 0 Å². The number of aliphatic hydroxyl groups excluding tert-OH is 1. The summed E-state index contributed by atoms with van der Waals surface area (Å²) >= 11 is 0. The maximum atomic E-state index is 8.66. The Kier molecular flexibility index (Phi) is 3.08. The van der Waals surface area contributed by atoms with Gasteiger partial charge in [-0.05, 0) is 0 Å². The van der Waals surface area contributed by atoms with Crippen LogP contribution >= 0.6 is 0 Å². The maximum Gasteiger partial charge on any atom is 0.169 e. The van der Waals surface area contributed by atoms with Gasteiger partial charge < -0.3 is 20.3 Å². The van der Waals surface area contributed by atoms with Crippen LogP contribution in [0.25, 0.3) is 0 Å². The van der Waals surface area contributed by atoms with Gasteiger partial charge in [0.05, 0.1) is 19.8 Å². The standard InChI is InChI=1S/C6H13NO3/c7-1-6-9-3-5(2-8)4-10-6/h5-6,8H,1-4,7H2. The molecular formula is C6H13NO3. The maximum absolute atomic E-state index is 8.66. The second kappa shape index (κ2) is 3.88. The van der Waals surface area contributed by atoms with Crippen molar-refractivity contribution in [2.45, 2.75) is 6.29 Å². The van der Waals surface area contributed by atoms with E-state index in [1.165, 1.54) is 0 Å². The van der Waals surface area contributed by atoms with Gasteiger partial charge in [-0.3, -0.25) is 0 Å². The SMILES string of the molecule is NCC1OCC(CO)CO1. The number of ether oxygens (including phenoxy) is 2. The molecule has 4 heteroatoms. The van der Waals surface area contributed by atoms with Gasteiger partial charge in [-0.2, -0.15) is 0 Å². The number of aliphatic hydroxyl groups is 1. The topological polar surface area (TPSA) is 64.7 Å². The van der Waals surface area contributed by atoms with E-state index in [9.17, 15) is 0 Å². The lowest BCUT2D eigenvalue weighted by Gasteiger charge is -2.27. The summed E-state index contributed by atoms with van der Waals surface area (Å²) in [6.07, 6.45) is -0.261. The average Bonchev–Trinajstić information content (AvgIpc) is 2.05. The summed E-state index contributed by atoms with van der Waals surface area (Å²) in [6.45, 7) is 1.62. The molecule has 10 heavy (non-hydrogen) atoms. The monoisotopic (exact) mass is 147 g/mol. The summed E-state index contributed by atoms with van der Waals surface area (Å²) in [5.74, 6) is 0.128. The average molecular weight is 147 g/mol. The van der Waals surface area contributed by atoms with E-state index >= 15 is 0 Å². The summed E-state index contributed by atoms with van der Waals surface area (Å²) in [5.41, 5.74) is 5.28. The lowest BCUT2D eigenvalue weighted by molar-refractivity contribution is -0.199. The molecule has 3 N–H and O–H groups in total. The fourth-order valence-corrected chi connectivity index (χ4v) is 0.825. The van der Waals surface area contributed by atoms with Crippen molar-refractivity contribution >= 4 is 0 Å². The minimum Gasteiger partial charge on any atom is -0.396 e. The Hall–Kier alpha value is -0.160. The quantitative estimate of drug-likeness (QED) is 0.522. The van der Waals surface area contributed by atoms with E-state index in [2.05, 4.69) is 0 Å². The molecule has 1 aliphatic heterocycles. The van der Waals surface area contributed by atoms with Gasteiger partial charge in [0.25, 0.3) is 0 Å². The van der Waals surface area contributed by atoms with Gasteiger partial charge in [0.1, 0.15) is 0 Å². The lowest BCUT2D eigenvalue weighted by atomic mass is 10.2. The first kappa shape index (κ1) is 7.94. The highest BCUT2D eigenvalue weighted by molar-refractivity contribution is 4.61. The van der Waals surface area contributed by atoms with Crippen molar-refractivity contribution in [1.82, 2.24) is 0 Å². The summed E-state index contributed by atoms with van der Waals surface area (Å²) in [6, 6.07) is 0. The van der Waals surface area contributed by atoms with Gasteiger partial charge in [0, 0.05) is 12.5 Å². The van der Waals surface area contributed by atoms with Crippen LogP contribution < -0.4 is 5.73 Å². The second-order valence-corrected chi connectivity index (χ2v) is 2.38. The smallest absolute Gasteiger partial charge is 0.169 e. The number of nitrogens with two attached hydrogens (primary N) is 1. The largest absolute Gasteiger partial charge is 0.396 e. The molecule has 0 amide bonds. The minimum absolute atomic E-state index is 0.122. The molecule has 0 aliphatic carbocycles. The van der Waals surface area contributed by atoms with Crippen molar-refractivity contribution in [2.75, 3.05) is 26.4 Å². The highest BCUT2D eigenvalue weighted by Gasteiger charge is 2.19. The molecule has 0 spiro atoms. The van der Waals surface area contributed by atoms with Crippen LogP contribution in [0, 0.1) is 5.92 Å². The minimum atomic E-state index is -0.261. The molecule has 1 fully saturated rings. The first-order valence-corrected chi connectivity index (χ1v) is 3.41. The van der Waals surface area contributed by atoms with E-state index in [0.717, 1.165) is 0 Å². The van der Waals surface area contributed by atoms with Crippen LogP contribution in [0.1, 0.15) is 0 Å². The zero-order chi connectivity index (χ0) is 7.40. The first-order valence-electron chi connectivity index (χ1n) is 3.41. The Morgan fingerprint density at radius 2 is 2.00 bits per heavy atom. The Balaban J connectivity index is 2.17. The summed E-state index contributed by atoms with van der Waals surface area (Å²) < 4.78 is 10.2. The highest BCUT2D eigenvalue weighted by atomic mass is 16.7. The van der Waals surface area contributed by atoms with Crippen molar-refractivity contribution < 1.29 is 14.6 Å². The normalized spacial score (nSPS) is 34.2. The Morgan fingerprint density at radius 1 is 1.40 bits per heavy atom. The Labute approximate surface area is 59.9 Å². The lowest BCUT2D eigenvalue weighted by Crippen LogP contribution is -2.37. The third-order valence-corrected chi connectivity index (χ3v) is 1.49. The second-order valence-electron chi connectivity index (χ2n) is 2.38. The van der Waals surface area contributed by atoms with E-state index in [4.69, 9.17) is 20.3 Å². The van der Waals surface area contributed by atoms with Gasteiger partial charge in [-0.25, -0.2) is 0 Å². The molecule has 0 aromatic heterocycles. The molecule has 0 unspecified atom stereocenters. The van der Waals surface area contributed by atoms with Gasteiger partial charge in [0.15, 0.2) is 6.29 Å². The van der Waals surface area contributed by atoms with Gasteiger partial charge in [-0.1, -0.05) is 0 Å². The Morgan fingerprint density at radius 3 is 2.40 bits per heavy atom. The van der Waals surface area contributed by atoms with Crippen molar-refractivity contribution in [2.24, 2.45) is 11.7 Å². The van der Waals surface area contributed by atoms with E-state index in [1.807, 2.05) is 0 Å². The highest BCUT2D eigenvalue weighted by Crippen LogP contribution is 2.08. The summed E-state index contributed by atoms with van der Waals surface area (Å²) in [7, 11) is 0. The van der Waals surface area contributed by atoms with Crippen molar-refractivity contribution in [3.63, 3.8) is 0 Å². The van der Waals surface area contributed by atoms with Crippen LogP contribution in [0.4, 0.5) is 0 Å². The van der Waals surface area contributed by atoms with Crippen LogP contribution in [0.2, 0.25) is 0 Å². The third kappa shape index (κ3) is 1.91. The summed E-state index contributed by atoms with van der Waals surface area (Å²) in [5, 5.41) is 8.66. The third-order valence-electron chi connectivity index (χ3n) is 1.49. The van der Waals surface area contributed by atoms with Crippen molar-refractivity contribution in [3.05, 3.63) is 0 Å². The van der Waals surface area contributed by atoms with Crippen LogP contribution in [-0.4, -0.2) is 37.8 Å². The van der Waals surface area contributed by atoms with Crippen molar-refractivity contribution in [1.29, 1.82) is 0 Å². The van der Waals surface area contributed by atoms with Crippen LogP contribution in [0.3, 0.4) is 0 Å². The zero-order valence-electron chi connectivity index (χ0n) is 5.82. The molecule has 0 aromatic rings. The fourth-order valence-electron chi connectivity index (χ4n) is 0.825. The molecule has 60 valence electrons. The molecule has 0 aromatic carbocycles. The molecular weight excluding hydrogens is 134 g/mol. The molecule has 0 atom stereocenters. The summed E-state index contributed by atoms with van der Waals surface area (Å²) in [4.78, 5) is 0. The molecule has 1 saturated heterocycles. The van der Waals surface area contributed by atoms with E-state index in [-0.39, 0.29) is 18.8 Å².